The van der Waals surface area contributed by atoms with E-state index in [2.05, 4.69) is 4.98 Å². The Bertz CT molecular complexity index is 1090. The molecular formula is C19H24N2O7S2. The average molecular weight is 457 g/mol. The molecule has 0 spiro atoms. The van der Waals surface area contributed by atoms with Crippen LogP contribution in [0.4, 0.5) is 0 Å². The highest BCUT2D eigenvalue weighted by atomic mass is 32.2. The number of benzene rings is 1. The number of hydrogen-bond donors (Lipinski definition) is 1. The highest BCUT2D eigenvalue weighted by molar-refractivity contribution is 7.98. The molecule has 1 saturated heterocycles. The molecule has 164 valence electrons. The molecule has 0 unspecified atom stereocenters. The zero-order valence-electron chi connectivity index (χ0n) is 16.9. The molecule has 1 aliphatic heterocycles. The van der Waals surface area contributed by atoms with E-state index >= 15 is 0 Å². The van der Waals surface area contributed by atoms with Crippen LogP contribution < -0.4 is 11.2 Å². The summed E-state index contributed by atoms with van der Waals surface area (Å²) in [5.74, 6) is 0.376. The lowest BCUT2D eigenvalue weighted by Gasteiger charge is -2.18. The Balaban J connectivity index is 1.77. The maximum absolute atomic E-state index is 12.5. The minimum atomic E-state index is -3.97. The Hall–Kier alpha value is -1.92. The van der Waals surface area contributed by atoms with Gasteiger partial charge in [-0.15, -0.1) is 11.8 Å². The van der Waals surface area contributed by atoms with Gasteiger partial charge in [0.1, 0.15) is 12.3 Å². The van der Waals surface area contributed by atoms with Gasteiger partial charge in [-0.3, -0.25) is 18.5 Å². The van der Waals surface area contributed by atoms with E-state index in [9.17, 15) is 18.0 Å². The van der Waals surface area contributed by atoms with Crippen LogP contribution in [-0.4, -0.2) is 49.0 Å². The van der Waals surface area contributed by atoms with Crippen molar-refractivity contribution in [1.29, 1.82) is 0 Å². The monoisotopic (exact) mass is 456 g/mol. The van der Waals surface area contributed by atoms with Gasteiger partial charge in [0, 0.05) is 18.2 Å². The van der Waals surface area contributed by atoms with E-state index in [1.165, 1.54) is 34.7 Å². The van der Waals surface area contributed by atoms with E-state index < -0.39 is 39.8 Å². The van der Waals surface area contributed by atoms with Gasteiger partial charge >= 0.3 is 5.69 Å². The lowest BCUT2D eigenvalue weighted by molar-refractivity contribution is -0.0498. The first-order chi connectivity index (χ1) is 14.2. The van der Waals surface area contributed by atoms with Crippen molar-refractivity contribution in [3.8, 4) is 0 Å². The Morgan fingerprint density at radius 3 is 2.60 bits per heavy atom. The zero-order chi connectivity index (χ0) is 21.9. The third-order valence-corrected chi connectivity index (χ3v) is 6.40. The molecule has 1 aliphatic rings. The van der Waals surface area contributed by atoms with Gasteiger partial charge in [-0.05, 0) is 32.2 Å². The minimum Gasteiger partial charge on any atom is -0.365 e. The molecule has 11 heteroatoms. The predicted molar refractivity (Wildman–Crippen MR) is 112 cm³/mol. The van der Waals surface area contributed by atoms with Crippen LogP contribution in [0, 0.1) is 13.8 Å². The number of hydrogen-bond acceptors (Lipinski definition) is 8. The molecule has 0 radical (unpaired) electrons. The van der Waals surface area contributed by atoms with E-state index in [1.807, 2.05) is 13.2 Å². The average Bonchev–Trinajstić information content (AvgIpc) is 3.11. The molecule has 0 bridgehead atoms. The molecular weight excluding hydrogens is 432 g/mol. The van der Waals surface area contributed by atoms with Crippen LogP contribution in [0.5, 0.6) is 0 Å². The summed E-state index contributed by atoms with van der Waals surface area (Å²) in [6, 6.07) is 6.34. The Labute approximate surface area is 178 Å². The fourth-order valence-corrected chi connectivity index (χ4v) is 4.31. The van der Waals surface area contributed by atoms with Gasteiger partial charge in [-0.25, -0.2) is 4.79 Å². The normalized spacial score (nSPS) is 21.8. The van der Waals surface area contributed by atoms with Crippen molar-refractivity contribution in [2.75, 3.05) is 18.8 Å². The van der Waals surface area contributed by atoms with Gasteiger partial charge in [0.2, 0.25) is 0 Å². The summed E-state index contributed by atoms with van der Waals surface area (Å²) < 4.78 is 43.2. The molecule has 2 heterocycles. The van der Waals surface area contributed by atoms with Crippen LogP contribution in [-0.2, 0) is 23.8 Å². The summed E-state index contributed by atoms with van der Waals surface area (Å²) >= 11 is 1.46. The second-order valence-electron chi connectivity index (χ2n) is 7.01. The molecule has 0 amide bonds. The first-order valence-corrected chi connectivity index (χ1v) is 12.1. The van der Waals surface area contributed by atoms with Crippen LogP contribution in [0.15, 0.2) is 44.9 Å². The van der Waals surface area contributed by atoms with Crippen LogP contribution in [0.1, 0.15) is 23.8 Å². The highest BCUT2D eigenvalue weighted by Gasteiger charge is 2.38. The van der Waals surface area contributed by atoms with Gasteiger partial charge < -0.3 is 9.47 Å². The lowest BCUT2D eigenvalue weighted by atomic mass is 10.2. The number of aromatic nitrogens is 2. The minimum absolute atomic E-state index is 0.0525. The second kappa shape index (κ2) is 9.48. The van der Waals surface area contributed by atoms with Crippen LogP contribution in [0.25, 0.3) is 0 Å². The molecule has 3 rings (SSSR count). The molecule has 2 aromatic rings. The quantitative estimate of drug-likeness (QED) is 0.470. The molecule has 3 atom stereocenters. The van der Waals surface area contributed by atoms with E-state index in [1.54, 1.807) is 19.1 Å². The van der Waals surface area contributed by atoms with Crippen LogP contribution in [0.3, 0.4) is 0 Å². The third kappa shape index (κ3) is 5.22. The Morgan fingerprint density at radius 2 is 1.93 bits per heavy atom. The molecule has 0 aliphatic carbocycles. The predicted octanol–water partition coefficient (Wildman–Crippen LogP) is 1.55. The van der Waals surface area contributed by atoms with Crippen LogP contribution in [0.2, 0.25) is 0 Å². The van der Waals surface area contributed by atoms with E-state index in [0.29, 0.717) is 17.9 Å². The number of ether oxygens (including phenoxy) is 2. The second-order valence-corrected chi connectivity index (χ2v) is 9.44. The Kier molecular flexibility index (Phi) is 7.19. The summed E-state index contributed by atoms with van der Waals surface area (Å²) in [7, 11) is -3.97. The third-order valence-electron chi connectivity index (χ3n) is 4.73. The SMILES string of the molecule is CSCO[C@H]1C[C@H](n2cc(C)c(=O)[nH]c2=O)O[C@@H]1COS(=O)(=O)c1ccc(C)cc1. The molecule has 1 N–H and O–H groups in total. The number of nitrogens with one attached hydrogen (secondary N) is 1. The first kappa shape index (κ1) is 22.8. The van der Waals surface area contributed by atoms with E-state index in [4.69, 9.17) is 13.7 Å². The number of aromatic amines is 1. The summed E-state index contributed by atoms with van der Waals surface area (Å²) in [5.41, 5.74) is 0.228. The summed E-state index contributed by atoms with van der Waals surface area (Å²) in [6.45, 7) is 3.18. The standard InChI is InChI=1S/C19H24N2O7S2/c1-12-4-6-14(7-5-12)30(24,25)27-10-16-15(26-11-29-3)8-17(28-16)21-9-13(2)18(22)20-19(21)23/h4-7,9,15-17H,8,10-11H2,1-3H3,(H,20,22,23)/t15-,16+,17+/m0/s1. The fourth-order valence-electron chi connectivity index (χ4n) is 3.08. The van der Waals surface area contributed by atoms with Crippen molar-refractivity contribution in [1.82, 2.24) is 9.55 Å². The van der Waals surface area contributed by atoms with Gasteiger partial charge in [-0.1, -0.05) is 17.7 Å². The molecule has 1 aromatic heterocycles. The van der Waals surface area contributed by atoms with Crippen molar-refractivity contribution in [2.24, 2.45) is 0 Å². The number of H-pyrrole nitrogens is 1. The molecule has 30 heavy (non-hydrogen) atoms. The van der Waals surface area contributed by atoms with E-state index in [-0.39, 0.29) is 11.5 Å². The van der Waals surface area contributed by atoms with Gasteiger partial charge in [0.05, 0.1) is 23.5 Å². The largest absolute Gasteiger partial charge is 0.365 e. The lowest BCUT2D eigenvalue weighted by Crippen LogP contribution is -2.33. The topological polar surface area (TPSA) is 117 Å². The smallest absolute Gasteiger partial charge is 0.330 e. The van der Waals surface area contributed by atoms with Gasteiger partial charge in [-0.2, -0.15) is 8.42 Å². The maximum Gasteiger partial charge on any atom is 0.330 e. The van der Waals surface area contributed by atoms with Crippen molar-refractivity contribution in [2.45, 2.75) is 43.6 Å². The Morgan fingerprint density at radius 1 is 1.23 bits per heavy atom. The highest BCUT2D eigenvalue weighted by Crippen LogP contribution is 2.31. The number of nitrogens with zero attached hydrogens (tertiary/aromatic N) is 1. The summed E-state index contributed by atoms with van der Waals surface area (Å²) in [6.07, 6.45) is 1.71. The molecule has 9 nitrogen and oxygen atoms in total. The molecule has 1 fully saturated rings. The van der Waals surface area contributed by atoms with Crippen molar-refractivity contribution >= 4 is 21.9 Å². The number of thioether (sulfide) groups is 1. The van der Waals surface area contributed by atoms with Gasteiger partial charge in [0.25, 0.3) is 15.7 Å². The number of aryl methyl sites for hydroxylation is 2. The van der Waals surface area contributed by atoms with Crippen molar-refractivity contribution in [3.63, 3.8) is 0 Å². The maximum atomic E-state index is 12.5. The fraction of sp³-hybridized carbons (Fsp3) is 0.474. The van der Waals surface area contributed by atoms with E-state index in [0.717, 1.165) is 5.56 Å². The molecule has 0 saturated carbocycles. The van der Waals surface area contributed by atoms with Gasteiger partial charge in [0.15, 0.2) is 0 Å². The first-order valence-electron chi connectivity index (χ1n) is 9.25. The summed E-state index contributed by atoms with van der Waals surface area (Å²) in [5, 5.41) is 0. The van der Waals surface area contributed by atoms with Crippen molar-refractivity contribution < 1.29 is 22.1 Å². The van der Waals surface area contributed by atoms with Crippen LogP contribution >= 0.6 is 11.8 Å². The van der Waals surface area contributed by atoms with Crippen molar-refractivity contribution in [3.05, 3.63) is 62.4 Å². The number of rotatable bonds is 8. The molecule has 1 aromatic carbocycles. The summed E-state index contributed by atoms with van der Waals surface area (Å²) in [4.78, 5) is 26.1. The zero-order valence-corrected chi connectivity index (χ0v) is 18.5.